The highest BCUT2D eigenvalue weighted by Crippen LogP contribution is 2.36. The Morgan fingerprint density at radius 2 is 1.75 bits per heavy atom. The fraction of sp³-hybridized carbons (Fsp3) is 0.296. The van der Waals surface area contributed by atoms with Gasteiger partial charge in [0.2, 0.25) is 5.91 Å². The predicted molar refractivity (Wildman–Crippen MR) is 135 cm³/mol. The molecule has 1 aromatic heterocycles. The number of alkyl halides is 2. The third kappa shape index (κ3) is 5.64. The van der Waals surface area contributed by atoms with Gasteiger partial charge in [-0.25, -0.2) is 8.78 Å². The summed E-state index contributed by atoms with van der Waals surface area (Å²) in [5.74, 6) is -5.24. The summed E-state index contributed by atoms with van der Waals surface area (Å²) in [6.07, 6.45) is 1.44. The van der Waals surface area contributed by atoms with Crippen LogP contribution in [0.2, 0.25) is 0 Å². The van der Waals surface area contributed by atoms with Crippen molar-refractivity contribution < 1.29 is 41.7 Å². The van der Waals surface area contributed by atoms with Gasteiger partial charge in [0.25, 0.3) is 11.5 Å². The van der Waals surface area contributed by atoms with E-state index in [9.17, 15) is 28.3 Å². The molecule has 0 radical (unpaired) electrons. The van der Waals surface area contributed by atoms with Gasteiger partial charge in [0.05, 0.1) is 13.7 Å². The van der Waals surface area contributed by atoms with Crippen molar-refractivity contribution in [1.29, 1.82) is 0 Å². The number of hydrogen-bond donors (Lipinski definition) is 2. The molecule has 2 aromatic carbocycles. The number of anilines is 1. The summed E-state index contributed by atoms with van der Waals surface area (Å²) < 4.78 is 65.6. The standard InChI is InChI=1S/C27H25F4N3O6/c1-14-7-8-33(9-10-35)26(38)23(14)34-13-18(21-19(28)11-17(39-2)12-20(21)29)22(25(34)37)32-24(36)15-3-5-16(6-4-15)40-27(30)31/h3-8,11-12,18,22,27,35H,9-10,13H2,1-2H3,(H,32,36)/t18-,22-/m0/s1. The average Bonchev–Trinajstić information content (AvgIpc) is 3.20. The number of aliphatic hydroxyl groups is 1. The maximum atomic E-state index is 15.2. The molecule has 1 saturated heterocycles. The summed E-state index contributed by atoms with van der Waals surface area (Å²) in [5, 5.41) is 11.8. The lowest BCUT2D eigenvalue weighted by Gasteiger charge is -2.20. The molecule has 0 aliphatic carbocycles. The van der Waals surface area contributed by atoms with Gasteiger partial charge < -0.3 is 29.4 Å². The Balaban J connectivity index is 1.75. The van der Waals surface area contributed by atoms with Crippen LogP contribution in [0.5, 0.6) is 11.5 Å². The molecule has 212 valence electrons. The maximum Gasteiger partial charge on any atom is 0.387 e. The van der Waals surface area contributed by atoms with Crippen LogP contribution in [0.3, 0.4) is 0 Å². The van der Waals surface area contributed by atoms with Gasteiger partial charge in [0, 0.05) is 48.5 Å². The molecule has 40 heavy (non-hydrogen) atoms. The zero-order chi connectivity index (χ0) is 29.1. The first-order chi connectivity index (χ1) is 19.0. The number of nitrogens with one attached hydrogen (secondary N) is 1. The Kier molecular flexibility index (Phi) is 8.43. The topological polar surface area (TPSA) is 110 Å². The number of nitrogens with zero attached hydrogens (tertiary/aromatic N) is 2. The second-order valence-corrected chi connectivity index (χ2v) is 8.98. The monoisotopic (exact) mass is 563 g/mol. The highest BCUT2D eigenvalue weighted by molar-refractivity contribution is 6.05. The van der Waals surface area contributed by atoms with Crippen LogP contribution < -0.4 is 25.2 Å². The minimum absolute atomic E-state index is 0.0384. The molecule has 0 saturated carbocycles. The molecule has 1 fully saturated rings. The summed E-state index contributed by atoms with van der Waals surface area (Å²) in [6.45, 7) is -2.25. The van der Waals surface area contributed by atoms with Crippen molar-refractivity contribution in [2.24, 2.45) is 0 Å². The third-order valence-electron chi connectivity index (χ3n) is 6.55. The second kappa shape index (κ2) is 11.8. The van der Waals surface area contributed by atoms with E-state index in [4.69, 9.17) is 4.74 Å². The van der Waals surface area contributed by atoms with Crippen molar-refractivity contribution in [3.8, 4) is 11.5 Å². The van der Waals surface area contributed by atoms with Crippen LogP contribution in [-0.2, 0) is 11.3 Å². The molecule has 1 aliphatic rings. The lowest BCUT2D eigenvalue weighted by molar-refractivity contribution is -0.118. The first-order valence-corrected chi connectivity index (χ1v) is 12.1. The normalized spacial score (nSPS) is 16.9. The van der Waals surface area contributed by atoms with Gasteiger partial charge in [0.15, 0.2) is 0 Å². The van der Waals surface area contributed by atoms with E-state index in [1.54, 1.807) is 13.0 Å². The minimum Gasteiger partial charge on any atom is -0.497 e. The zero-order valence-electron chi connectivity index (χ0n) is 21.4. The Hall–Kier alpha value is -4.39. The minimum atomic E-state index is -3.07. The van der Waals surface area contributed by atoms with Gasteiger partial charge in [-0.05, 0) is 42.8 Å². The molecule has 4 rings (SSSR count). The zero-order valence-corrected chi connectivity index (χ0v) is 21.4. The van der Waals surface area contributed by atoms with Crippen molar-refractivity contribution in [3.05, 3.63) is 87.3 Å². The highest BCUT2D eigenvalue weighted by Gasteiger charge is 2.46. The van der Waals surface area contributed by atoms with Gasteiger partial charge in [0.1, 0.15) is 34.9 Å². The fourth-order valence-electron chi connectivity index (χ4n) is 4.66. The molecule has 0 spiro atoms. The summed E-state index contributed by atoms with van der Waals surface area (Å²) in [4.78, 5) is 41.0. The van der Waals surface area contributed by atoms with Gasteiger partial charge in [-0.1, -0.05) is 0 Å². The van der Waals surface area contributed by atoms with Crippen LogP contribution in [0.1, 0.15) is 27.4 Å². The predicted octanol–water partition coefficient (Wildman–Crippen LogP) is 2.97. The number of aryl methyl sites for hydroxylation is 1. The van der Waals surface area contributed by atoms with Gasteiger partial charge >= 0.3 is 6.61 Å². The number of aliphatic hydroxyl groups excluding tert-OH is 1. The Bertz CT molecular complexity index is 1460. The van der Waals surface area contributed by atoms with Gasteiger partial charge in [-0.15, -0.1) is 0 Å². The number of amides is 2. The average molecular weight is 564 g/mol. The highest BCUT2D eigenvalue weighted by atomic mass is 19.3. The van der Waals surface area contributed by atoms with E-state index in [1.807, 2.05) is 0 Å². The van der Waals surface area contributed by atoms with E-state index < -0.39 is 53.1 Å². The van der Waals surface area contributed by atoms with Crippen LogP contribution in [0.25, 0.3) is 0 Å². The molecule has 3 aromatic rings. The number of rotatable bonds is 9. The number of carbonyl (C=O) groups is 2. The van der Waals surface area contributed by atoms with Crippen LogP contribution >= 0.6 is 0 Å². The summed E-state index contributed by atoms with van der Waals surface area (Å²) in [7, 11) is 1.23. The molecule has 9 nitrogen and oxygen atoms in total. The second-order valence-electron chi connectivity index (χ2n) is 8.98. The molecule has 0 bridgehead atoms. The van der Waals surface area contributed by atoms with Crippen molar-refractivity contribution in [3.63, 3.8) is 0 Å². The molecule has 13 heteroatoms. The molecule has 2 N–H and O–H groups in total. The Morgan fingerprint density at radius 3 is 2.33 bits per heavy atom. The van der Waals surface area contributed by atoms with Crippen LogP contribution in [0.4, 0.5) is 23.2 Å². The van der Waals surface area contributed by atoms with Gasteiger partial charge in [-0.3, -0.25) is 14.4 Å². The summed E-state index contributed by atoms with van der Waals surface area (Å²) >= 11 is 0. The first kappa shape index (κ1) is 28.6. The smallest absolute Gasteiger partial charge is 0.387 e. The fourth-order valence-corrected chi connectivity index (χ4v) is 4.66. The number of halogens is 4. The number of pyridine rings is 1. The van der Waals surface area contributed by atoms with Crippen molar-refractivity contribution in [2.75, 3.05) is 25.2 Å². The van der Waals surface area contributed by atoms with E-state index >= 15 is 8.78 Å². The molecule has 2 amide bonds. The number of ether oxygens (including phenoxy) is 2. The lowest BCUT2D eigenvalue weighted by atomic mass is 9.92. The molecule has 2 heterocycles. The Labute approximate surface area is 225 Å². The number of benzene rings is 2. The number of hydrogen-bond acceptors (Lipinski definition) is 6. The SMILES string of the molecule is COc1cc(F)c([C@@H]2CN(c3c(C)ccn(CCO)c3=O)C(=O)[C@H]2NC(=O)c2ccc(OC(F)F)cc2)c(F)c1. The van der Waals surface area contributed by atoms with Gasteiger partial charge in [-0.2, -0.15) is 8.78 Å². The number of carbonyl (C=O) groups excluding carboxylic acids is 2. The van der Waals surface area contributed by atoms with E-state index in [-0.39, 0.29) is 42.4 Å². The number of aromatic nitrogens is 1. The first-order valence-electron chi connectivity index (χ1n) is 12.1. The van der Waals surface area contributed by atoms with Crippen molar-refractivity contribution in [1.82, 2.24) is 9.88 Å². The largest absolute Gasteiger partial charge is 0.497 e. The lowest BCUT2D eigenvalue weighted by Crippen LogP contribution is -2.45. The van der Waals surface area contributed by atoms with Crippen molar-refractivity contribution in [2.45, 2.75) is 32.0 Å². The van der Waals surface area contributed by atoms with E-state index in [0.717, 1.165) is 29.2 Å². The summed E-state index contributed by atoms with van der Waals surface area (Å²) in [5.41, 5.74) is -0.817. The molecule has 1 aliphatic heterocycles. The van der Waals surface area contributed by atoms with Crippen molar-refractivity contribution >= 4 is 17.5 Å². The molecular weight excluding hydrogens is 538 g/mol. The Morgan fingerprint density at radius 1 is 1.10 bits per heavy atom. The maximum absolute atomic E-state index is 15.2. The summed E-state index contributed by atoms with van der Waals surface area (Å²) in [6, 6.07) is 6.54. The molecule has 0 unspecified atom stereocenters. The quantitative estimate of drug-likeness (QED) is 0.388. The van der Waals surface area contributed by atoms with Crippen LogP contribution in [0, 0.1) is 18.6 Å². The van der Waals surface area contributed by atoms with Crippen LogP contribution in [0.15, 0.2) is 53.5 Å². The van der Waals surface area contributed by atoms with E-state index in [1.165, 1.54) is 30.0 Å². The molecular formula is C27H25F4N3O6. The van der Waals surface area contributed by atoms with E-state index in [2.05, 4.69) is 10.1 Å². The molecule has 2 atom stereocenters. The number of methoxy groups -OCH3 is 1. The van der Waals surface area contributed by atoms with E-state index in [0.29, 0.717) is 5.56 Å². The third-order valence-corrected chi connectivity index (χ3v) is 6.55. The van der Waals surface area contributed by atoms with Crippen LogP contribution in [-0.4, -0.2) is 54.4 Å².